The average molecular weight is 276 g/mol. The fourth-order valence-corrected chi connectivity index (χ4v) is 2.47. The standard InChI is InChI=1S/C14H20N4O2/c1-7-18(14-11-15-5-6-16-14)8-2-12(1)17-20-13-3-9-19-10-4-13/h5-6,11,13H,1-4,7-10H2. The van der Waals surface area contributed by atoms with E-state index in [1.54, 1.807) is 18.6 Å². The number of oxime groups is 1. The van der Waals surface area contributed by atoms with Gasteiger partial charge in [0.2, 0.25) is 0 Å². The summed E-state index contributed by atoms with van der Waals surface area (Å²) >= 11 is 0. The van der Waals surface area contributed by atoms with E-state index in [0.29, 0.717) is 0 Å². The number of hydrogen-bond donors (Lipinski definition) is 0. The van der Waals surface area contributed by atoms with E-state index < -0.39 is 0 Å². The highest BCUT2D eigenvalue weighted by atomic mass is 16.6. The molecule has 0 N–H and O–H groups in total. The fraction of sp³-hybridized carbons (Fsp3) is 0.643. The van der Waals surface area contributed by atoms with Crippen molar-refractivity contribution in [3.8, 4) is 0 Å². The van der Waals surface area contributed by atoms with Crippen molar-refractivity contribution in [1.82, 2.24) is 9.97 Å². The highest BCUT2D eigenvalue weighted by molar-refractivity contribution is 5.86. The van der Waals surface area contributed by atoms with Crippen LogP contribution in [0.3, 0.4) is 0 Å². The predicted octanol–water partition coefficient (Wildman–Crippen LogP) is 1.63. The Morgan fingerprint density at radius 2 is 2.00 bits per heavy atom. The topological polar surface area (TPSA) is 59.8 Å². The number of ether oxygens (including phenoxy) is 1. The Morgan fingerprint density at radius 3 is 2.70 bits per heavy atom. The Bertz CT molecular complexity index is 436. The zero-order valence-corrected chi connectivity index (χ0v) is 11.6. The van der Waals surface area contributed by atoms with Crippen molar-refractivity contribution in [3.63, 3.8) is 0 Å². The molecule has 3 heterocycles. The van der Waals surface area contributed by atoms with E-state index in [1.807, 2.05) is 0 Å². The van der Waals surface area contributed by atoms with Gasteiger partial charge in [0, 0.05) is 51.2 Å². The highest BCUT2D eigenvalue weighted by Crippen LogP contribution is 2.16. The van der Waals surface area contributed by atoms with E-state index in [4.69, 9.17) is 9.57 Å². The zero-order valence-electron chi connectivity index (χ0n) is 11.6. The maximum Gasteiger partial charge on any atom is 0.147 e. The van der Waals surface area contributed by atoms with Gasteiger partial charge in [0.1, 0.15) is 11.9 Å². The van der Waals surface area contributed by atoms with Crippen molar-refractivity contribution in [1.29, 1.82) is 0 Å². The second kappa shape index (κ2) is 6.65. The van der Waals surface area contributed by atoms with E-state index in [9.17, 15) is 0 Å². The van der Waals surface area contributed by atoms with Gasteiger partial charge in [-0.2, -0.15) is 0 Å². The molecule has 2 aliphatic rings. The fourth-order valence-electron chi connectivity index (χ4n) is 2.47. The summed E-state index contributed by atoms with van der Waals surface area (Å²) in [6.45, 7) is 3.43. The number of piperidine rings is 1. The second-order valence-corrected chi connectivity index (χ2v) is 5.13. The Balaban J connectivity index is 1.48. The van der Waals surface area contributed by atoms with Crippen molar-refractivity contribution in [3.05, 3.63) is 18.6 Å². The molecule has 20 heavy (non-hydrogen) atoms. The van der Waals surface area contributed by atoms with E-state index in [1.165, 1.54) is 0 Å². The minimum absolute atomic E-state index is 0.231. The van der Waals surface area contributed by atoms with Gasteiger partial charge in [0.15, 0.2) is 0 Å². The first kappa shape index (κ1) is 13.3. The monoisotopic (exact) mass is 276 g/mol. The molecule has 2 fully saturated rings. The largest absolute Gasteiger partial charge is 0.392 e. The lowest BCUT2D eigenvalue weighted by atomic mass is 10.1. The second-order valence-electron chi connectivity index (χ2n) is 5.13. The van der Waals surface area contributed by atoms with E-state index >= 15 is 0 Å². The normalized spacial score (nSPS) is 20.8. The lowest BCUT2D eigenvalue weighted by Gasteiger charge is -2.28. The zero-order chi connectivity index (χ0) is 13.6. The number of hydrogen-bond acceptors (Lipinski definition) is 6. The van der Waals surface area contributed by atoms with Crippen molar-refractivity contribution in [2.24, 2.45) is 5.16 Å². The Labute approximate surface area is 118 Å². The van der Waals surface area contributed by atoms with Gasteiger partial charge in [-0.15, -0.1) is 0 Å². The van der Waals surface area contributed by atoms with Gasteiger partial charge in [-0.3, -0.25) is 4.98 Å². The average Bonchev–Trinajstić information content (AvgIpc) is 2.55. The lowest BCUT2D eigenvalue weighted by Crippen LogP contribution is -2.34. The van der Waals surface area contributed by atoms with Crippen LogP contribution in [0.1, 0.15) is 25.7 Å². The summed E-state index contributed by atoms with van der Waals surface area (Å²) < 4.78 is 5.31. The first-order chi connectivity index (χ1) is 9.92. The molecular weight excluding hydrogens is 256 g/mol. The van der Waals surface area contributed by atoms with Crippen LogP contribution in [0.15, 0.2) is 23.7 Å². The number of aromatic nitrogens is 2. The van der Waals surface area contributed by atoms with Crippen LogP contribution in [0.5, 0.6) is 0 Å². The molecule has 0 atom stereocenters. The quantitative estimate of drug-likeness (QED) is 0.785. The van der Waals surface area contributed by atoms with Crippen LogP contribution in [0.2, 0.25) is 0 Å². The summed E-state index contributed by atoms with van der Waals surface area (Å²) in [6.07, 6.45) is 9.22. The first-order valence-electron chi connectivity index (χ1n) is 7.22. The SMILES string of the molecule is c1cnc(N2CCC(=NOC3CCOCC3)CC2)cn1. The maximum atomic E-state index is 5.62. The van der Waals surface area contributed by atoms with Crippen LogP contribution in [-0.4, -0.2) is 48.1 Å². The molecule has 2 aliphatic heterocycles. The third-order valence-electron chi connectivity index (χ3n) is 3.71. The van der Waals surface area contributed by atoms with Crippen molar-refractivity contribution < 1.29 is 9.57 Å². The predicted molar refractivity (Wildman–Crippen MR) is 75.8 cm³/mol. The van der Waals surface area contributed by atoms with E-state index in [-0.39, 0.29) is 6.10 Å². The minimum Gasteiger partial charge on any atom is -0.392 e. The first-order valence-corrected chi connectivity index (χ1v) is 7.22. The summed E-state index contributed by atoms with van der Waals surface area (Å²) in [7, 11) is 0. The molecule has 0 aromatic carbocycles. The van der Waals surface area contributed by atoms with Crippen LogP contribution >= 0.6 is 0 Å². The number of anilines is 1. The molecule has 0 radical (unpaired) electrons. The third kappa shape index (κ3) is 3.45. The minimum atomic E-state index is 0.231. The molecule has 3 rings (SSSR count). The van der Waals surface area contributed by atoms with Gasteiger partial charge in [-0.25, -0.2) is 4.98 Å². The summed E-state index contributed by atoms with van der Waals surface area (Å²) in [6, 6.07) is 0. The van der Waals surface area contributed by atoms with Crippen LogP contribution < -0.4 is 4.90 Å². The van der Waals surface area contributed by atoms with Crippen molar-refractivity contribution >= 4 is 11.5 Å². The molecule has 0 aliphatic carbocycles. The number of nitrogens with zero attached hydrogens (tertiary/aromatic N) is 4. The molecule has 1 aromatic rings. The molecule has 1 aromatic heterocycles. The van der Waals surface area contributed by atoms with Gasteiger partial charge in [-0.05, 0) is 0 Å². The molecule has 108 valence electrons. The lowest BCUT2D eigenvalue weighted by molar-refractivity contribution is -0.0304. The molecule has 0 amide bonds. The summed E-state index contributed by atoms with van der Waals surface area (Å²) in [5.41, 5.74) is 1.15. The van der Waals surface area contributed by atoms with Crippen molar-refractivity contribution in [2.45, 2.75) is 31.8 Å². The molecular formula is C14H20N4O2. The van der Waals surface area contributed by atoms with Gasteiger partial charge in [0.25, 0.3) is 0 Å². The number of rotatable bonds is 3. The highest BCUT2D eigenvalue weighted by Gasteiger charge is 2.18. The Kier molecular flexibility index (Phi) is 4.42. The summed E-state index contributed by atoms with van der Waals surface area (Å²) in [4.78, 5) is 16.3. The molecule has 0 saturated carbocycles. The van der Waals surface area contributed by atoms with Crippen LogP contribution in [0.25, 0.3) is 0 Å². The van der Waals surface area contributed by atoms with Gasteiger partial charge in [-0.1, -0.05) is 5.16 Å². The maximum absolute atomic E-state index is 5.62. The van der Waals surface area contributed by atoms with Crippen LogP contribution in [-0.2, 0) is 9.57 Å². The van der Waals surface area contributed by atoms with Crippen molar-refractivity contribution in [2.75, 3.05) is 31.2 Å². The van der Waals surface area contributed by atoms with Gasteiger partial charge >= 0.3 is 0 Å². The third-order valence-corrected chi connectivity index (χ3v) is 3.71. The van der Waals surface area contributed by atoms with Crippen LogP contribution in [0.4, 0.5) is 5.82 Å². The van der Waals surface area contributed by atoms with Gasteiger partial charge in [0.05, 0.1) is 25.1 Å². The van der Waals surface area contributed by atoms with Gasteiger partial charge < -0.3 is 14.5 Å². The molecule has 0 unspecified atom stereocenters. The van der Waals surface area contributed by atoms with E-state index in [0.717, 1.165) is 63.5 Å². The summed E-state index contributed by atoms with van der Waals surface area (Å²) in [5.74, 6) is 0.942. The molecule has 6 nitrogen and oxygen atoms in total. The van der Waals surface area contributed by atoms with E-state index in [2.05, 4.69) is 20.0 Å². The molecule has 0 spiro atoms. The molecule has 2 saturated heterocycles. The Hall–Kier alpha value is -1.69. The smallest absolute Gasteiger partial charge is 0.147 e. The molecule has 6 heteroatoms. The molecule has 0 bridgehead atoms. The Morgan fingerprint density at radius 1 is 1.20 bits per heavy atom. The summed E-state index contributed by atoms with van der Waals surface area (Å²) in [5, 5.41) is 4.33. The van der Waals surface area contributed by atoms with Crippen LogP contribution in [0, 0.1) is 0 Å².